The molecule has 0 unspecified atom stereocenters. The Bertz CT molecular complexity index is 647. The maximum Gasteiger partial charge on any atom is 0.313 e. The van der Waals surface area contributed by atoms with Gasteiger partial charge in [-0.25, -0.2) is 8.78 Å². The molecule has 0 amide bonds. The second kappa shape index (κ2) is 20.6. The molecule has 1 aromatic carbocycles. The predicted molar refractivity (Wildman–Crippen MR) is 118 cm³/mol. The van der Waals surface area contributed by atoms with Crippen LogP contribution in [0.4, 0.5) is 8.78 Å². The highest BCUT2D eigenvalue weighted by atomic mass is 19.1. The number of halogens is 2. The molecule has 0 aliphatic heterocycles. The first-order valence-corrected chi connectivity index (χ1v) is 11.1. The van der Waals surface area contributed by atoms with E-state index in [1.165, 1.54) is 0 Å². The SMILES string of the molecule is NCCOCCOCCOCCOCCOCCOCCC(=O)Oc1c(F)cc(CN)cc1F. The fourth-order valence-corrected chi connectivity index (χ4v) is 2.43. The van der Waals surface area contributed by atoms with E-state index in [4.69, 9.17) is 44.6 Å². The molecule has 10 nitrogen and oxygen atoms in total. The number of nitrogens with two attached hydrogens (primary N) is 2. The molecule has 0 atom stereocenters. The molecule has 0 heterocycles. The van der Waals surface area contributed by atoms with E-state index in [9.17, 15) is 13.6 Å². The average molecular weight is 495 g/mol. The molecule has 1 aromatic rings. The highest BCUT2D eigenvalue weighted by molar-refractivity contribution is 5.72. The quantitative estimate of drug-likeness (QED) is 0.135. The van der Waals surface area contributed by atoms with Crippen LogP contribution in [0.15, 0.2) is 12.1 Å². The average Bonchev–Trinajstić information content (AvgIpc) is 2.82. The maximum atomic E-state index is 13.8. The number of hydrogen-bond acceptors (Lipinski definition) is 10. The molecule has 0 aromatic heterocycles. The van der Waals surface area contributed by atoms with Gasteiger partial charge >= 0.3 is 5.97 Å². The molecular weight excluding hydrogens is 458 g/mol. The van der Waals surface area contributed by atoms with Crippen molar-refractivity contribution in [2.75, 3.05) is 85.8 Å². The minimum Gasteiger partial charge on any atom is -0.420 e. The fraction of sp³-hybridized carbons (Fsp3) is 0.682. The van der Waals surface area contributed by atoms with Gasteiger partial charge < -0.3 is 44.6 Å². The minimum atomic E-state index is -0.980. The molecule has 34 heavy (non-hydrogen) atoms. The van der Waals surface area contributed by atoms with Crippen LogP contribution in [-0.4, -0.2) is 91.8 Å². The van der Waals surface area contributed by atoms with Crippen LogP contribution >= 0.6 is 0 Å². The van der Waals surface area contributed by atoms with Crippen LogP contribution in [-0.2, 0) is 39.8 Å². The summed E-state index contributed by atoms with van der Waals surface area (Å²) in [6.45, 7) is 5.28. The zero-order chi connectivity index (χ0) is 24.9. The van der Waals surface area contributed by atoms with E-state index >= 15 is 0 Å². The van der Waals surface area contributed by atoms with Crippen molar-refractivity contribution in [3.05, 3.63) is 29.3 Å². The van der Waals surface area contributed by atoms with Crippen molar-refractivity contribution in [3.8, 4) is 5.75 Å². The largest absolute Gasteiger partial charge is 0.420 e. The molecule has 4 N–H and O–H groups in total. The zero-order valence-corrected chi connectivity index (χ0v) is 19.4. The van der Waals surface area contributed by atoms with E-state index in [1.807, 2.05) is 0 Å². The third kappa shape index (κ3) is 15.2. The van der Waals surface area contributed by atoms with Crippen molar-refractivity contribution in [3.63, 3.8) is 0 Å². The highest BCUT2D eigenvalue weighted by Gasteiger charge is 2.16. The van der Waals surface area contributed by atoms with Gasteiger partial charge in [-0.1, -0.05) is 0 Å². The summed E-state index contributed by atoms with van der Waals surface area (Å²) in [5, 5.41) is 0. The van der Waals surface area contributed by atoms with Crippen LogP contribution in [0.1, 0.15) is 12.0 Å². The Morgan fingerprint density at radius 2 is 1.03 bits per heavy atom. The zero-order valence-electron chi connectivity index (χ0n) is 19.4. The standard InChI is InChI=1S/C22H36F2N2O8/c23-19-15-18(17-26)16-20(24)22(19)34-21(27)1-3-28-5-7-30-9-11-32-13-14-33-12-10-31-8-6-29-4-2-25/h15-16H,1-14,17,25-26H2. The Hall–Kier alpha value is -1.77. The van der Waals surface area contributed by atoms with E-state index in [1.54, 1.807) is 0 Å². The van der Waals surface area contributed by atoms with Crippen LogP contribution in [0.25, 0.3) is 0 Å². The van der Waals surface area contributed by atoms with Crippen LogP contribution < -0.4 is 16.2 Å². The van der Waals surface area contributed by atoms with Gasteiger partial charge in [-0.15, -0.1) is 0 Å². The van der Waals surface area contributed by atoms with Gasteiger partial charge in [0.05, 0.1) is 85.7 Å². The lowest BCUT2D eigenvalue weighted by Crippen LogP contribution is -2.16. The molecule has 1 rings (SSSR count). The minimum absolute atomic E-state index is 0.0259. The molecule has 0 saturated heterocycles. The van der Waals surface area contributed by atoms with E-state index in [-0.39, 0.29) is 31.7 Å². The summed E-state index contributed by atoms with van der Waals surface area (Å²) >= 11 is 0. The van der Waals surface area contributed by atoms with Gasteiger partial charge in [0.15, 0.2) is 11.6 Å². The molecule has 0 fully saturated rings. The van der Waals surface area contributed by atoms with E-state index in [0.29, 0.717) is 72.6 Å². The van der Waals surface area contributed by atoms with Gasteiger partial charge in [-0.2, -0.15) is 0 Å². The summed E-state index contributed by atoms with van der Waals surface area (Å²) < 4.78 is 64.1. The van der Waals surface area contributed by atoms with Crippen LogP contribution in [0.5, 0.6) is 5.75 Å². The van der Waals surface area contributed by atoms with Gasteiger partial charge in [-0.3, -0.25) is 4.79 Å². The molecule has 12 heteroatoms. The van der Waals surface area contributed by atoms with Crippen LogP contribution in [0, 0.1) is 11.6 Å². The molecule has 0 aliphatic carbocycles. The lowest BCUT2D eigenvalue weighted by molar-refractivity contribution is -0.136. The molecule has 196 valence electrons. The number of rotatable bonds is 22. The smallest absolute Gasteiger partial charge is 0.313 e. The predicted octanol–water partition coefficient (Wildman–Crippen LogP) is 0.777. The van der Waals surface area contributed by atoms with Crippen molar-refractivity contribution in [2.24, 2.45) is 11.5 Å². The lowest BCUT2D eigenvalue weighted by atomic mass is 10.2. The Morgan fingerprint density at radius 1 is 0.647 bits per heavy atom. The summed E-state index contributed by atoms with van der Waals surface area (Å²) in [7, 11) is 0. The number of hydrogen-bond donors (Lipinski definition) is 2. The molecule has 0 radical (unpaired) electrons. The summed E-state index contributed by atoms with van der Waals surface area (Å²) in [4.78, 5) is 11.7. The van der Waals surface area contributed by atoms with Gasteiger partial charge in [0.25, 0.3) is 0 Å². The molecule has 0 bridgehead atoms. The Labute approximate surface area is 198 Å². The van der Waals surface area contributed by atoms with Crippen molar-refractivity contribution in [2.45, 2.75) is 13.0 Å². The number of carbonyl (C=O) groups excluding carboxylic acids is 1. The lowest BCUT2D eigenvalue weighted by Gasteiger charge is -2.09. The topological polar surface area (TPSA) is 134 Å². The Balaban J connectivity index is 1.87. The number of carbonyl (C=O) groups is 1. The first-order valence-electron chi connectivity index (χ1n) is 11.1. The van der Waals surface area contributed by atoms with Crippen LogP contribution in [0.3, 0.4) is 0 Å². The van der Waals surface area contributed by atoms with Crippen molar-refractivity contribution in [1.82, 2.24) is 0 Å². The molecular formula is C22H36F2N2O8. The first-order chi connectivity index (χ1) is 16.6. The number of esters is 1. The van der Waals surface area contributed by atoms with E-state index in [0.717, 1.165) is 12.1 Å². The third-order valence-electron chi connectivity index (χ3n) is 4.08. The van der Waals surface area contributed by atoms with Crippen molar-refractivity contribution < 1.29 is 46.7 Å². The van der Waals surface area contributed by atoms with Gasteiger partial charge in [0.1, 0.15) is 0 Å². The number of benzene rings is 1. The third-order valence-corrected chi connectivity index (χ3v) is 4.08. The summed E-state index contributed by atoms with van der Waals surface area (Å²) in [5.41, 5.74) is 10.9. The van der Waals surface area contributed by atoms with Gasteiger partial charge in [-0.05, 0) is 17.7 Å². The summed E-state index contributed by atoms with van der Waals surface area (Å²) in [5.74, 6) is -3.51. The van der Waals surface area contributed by atoms with Gasteiger partial charge in [0, 0.05) is 13.1 Å². The highest BCUT2D eigenvalue weighted by Crippen LogP contribution is 2.23. The van der Waals surface area contributed by atoms with Crippen LogP contribution in [0.2, 0.25) is 0 Å². The maximum absolute atomic E-state index is 13.8. The van der Waals surface area contributed by atoms with E-state index in [2.05, 4.69) is 0 Å². The summed E-state index contributed by atoms with van der Waals surface area (Å²) in [6, 6.07) is 2.05. The second-order valence-corrected chi connectivity index (χ2v) is 6.78. The second-order valence-electron chi connectivity index (χ2n) is 6.78. The number of ether oxygens (including phenoxy) is 7. The Kier molecular flexibility index (Phi) is 18.3. The monoisotopic (exact) mass is 494 g/mol. The van der Waals surface area contributed by atoms with Gasteiger partial charge in [0.2, 0.25) is 5.75 Å². The molecule has 0 saturated carbocycles. The molecule has 0 spiro atoms. The Morgan fingerprint density at radius 3 is 1.41 bits per heavy atom. The molecule has 0 aliphatic rings. The van der Waals surface area contributed by atoms with Crippen molar-refractivity contribution >= 4 is 5.97 Å². The normalized spacial score (nSPS) is 11.2. The first kappa shape index (κ1) is 30.3. The van der Waals surface area contributed by atoms with E-state index < -0.39 is 23.4 Å². The summed E-state index contributed by atoms with van der Waals surface area (Å²) in [6.07, 6.45) is -0.159. The van der Waals surface area contributed by atoms with Crippen molar-refractivity contribution in [1.29, 1.82) is 0 Å². The fourth-order valence-electron chi connectivity index (χ4n) is 2.43.